The molecule has 2 aromatic heterocycles. The van der Waals surface area contributed by atoms with Crippen LogP contribution < -0.4 is 5.56 Å². The zero-order valence-corrected chi connectivity index (χ0v) is 17.5. The number of hydrogen-bond acceptors (Lipinski definition) is 4. The summed E-state index contributed by atoms with van der Waals surface area (Å²) in [4.78, 5) is 36.9. The molecule has 7 nitrogen and oxygen atoms in total. The average molecular weight is 426 g/mol. The Labute approximate surface area is 177 Å². The predicted octanol–water partition coefficient (Wildman–Crippen LogP) is 3.55. The van der Waals surface area contributed by atoms with Crippen molar-refractivity contribution in [1.82, 2.24) is 14.3 Å². The molecule has 0 bridgehead atoms. The second-order valence-corrected chi connectivity index (χ2v) is 7.22. The van der Waals surface area contributed by atoms with Gasteiger partial charge in [-0.2, -0.15) is 5.10 Å². The van der Waals surface area contributed by atoms with E-state index in [4.69, 9.17) is 11.6 Å². The van der Waals surface area contributed by atoms with Crippen molar-refractivity contribution in [3.8, 4) is 11.1 Å². The number of nitrogens with zero attached hydrogens (tertiary/aromatic N) is 3. The van der Waals surface area contributed by atoms with Crippen LogP contribution in [0.1, 0.15) is 35.0 Å². The number of rotatable bonds is 6. The molecule has 30 heavy (non-hydrogen) atoms. The van der Waals surface area contributed by atoms with Gasteiger partial charge in [-0.05, 0) is 42.3 Å². The van der Waals surface area contributed by atoms with E-state index in [0.29, 0.717) is 33.0 Å². The van der Waals surface area contributed by atoms with Gasteiger partial charge in [-0.3, -0.25) is 14.3 Å². The van der Waals surface area contributed by atoms with E-state index in [1.165, 1.54) is 27.6 Å². The van der Waals surface area contributed by atoms with E-state index in [1.807, 2.05) is 0 Å². The number of ketones is 1. The maximum absolute atomic E-state index is 13.2. The summed E-state index contributed by atoms with van der Waals surface area (Å²) in [6.45, 7) is 1.72. The van der Waals surface area contributed by atoms with Gasteiger partial charge in [0.1, 0.15) is 5.69 Å². The first-order valence-corrected chi connectivity index (χ1v) is 9.58. The number of carbonyl (C=O) groups excluding carboxylic acids is 1. The van der Waals surface area contributed by atoms with Crippen molar-refractivity contribution in [1.29, 1.82) is 0 Å². The molecule has 0 aliphatic carbocycles. The SMILES string of the molecule is CC/C(=C\c1cc(=O)n(C)cc1-c1cnn(C)c1C(=O)c1ccc(Cl)cc1)C(=O)O. The van der Waals surface area contributed by atoms with Gasteiger partial charge in [0.15, 0.2) is 0 Å². The summed E-state index contributed by atoms with van der Waals surface area (Å²) in [5, 5.41) is 14.2. The van der Waals surface area contributed by atoms with Crippen molar-refractivity contribution in [2.24, 2.45) is 14.1 Å². The number of carbonyl (C=O) groups is 2. The standard InChI is InChI=1S/C22H20ClN3O4/c1-4-13(22(29)30)9-15-10-19(27)25(2)12-18(15)17-11-24-26(3)20(17)21(28)14-5-7-16(23)8-6-14/h5-12H,4H2,1-3H3,(H,29,30)/b13-9+. The fraction of sp³-hybridized carbons (Fsp3) is 0.182. The number of benzene rings is 1. The van der Waals surface area contributed by atoms with Gasteiger partial charge in [0.25, 0.3) is 5.56 Å². The van der Waals surface area contributed by atoms with E-state index in [-0.39, 0.29) is 23.3 Å². The number of aryl methyl sites for hydroxylation is 2. The minimum Gasteiger partial charge on any atom is -0.478 e. The molecule has 0 aliphatic heterocycles. The van der Waals surface area contributed by atoms with Crippen LogP contribution in [0.15, 0.2) is 53.1 Å². The molecule has 3 rings (SSSR count). The Balaban J connectivity index is 2.24. The van der Waals surface area contributed by atoms with Crippen molar-refractivity contribution in [2.75, 3.05) is 0 Å². The number of aliphatic carboxylic acids is 1. The minimum atomic E-state index is -1.06. The molecule has 0 fully saturated rings. The molecule has 0 spiro atoms. The van der Waals surface area contributed by atoms with E-state index in [9.17, 15) is 19.5 Å². The van der Waals surface area contributed by atoms with Gasteiger partial charge in [-0.15, -0.1) is 0 Å². The van der Waals surface area contributed by atoms with Gasteiger partial charge in [-0.25, -0.2) is 4.79 Å². The van der Waals surface area contributed by atoms with Crippen LogP contribution in [-0.4, -0.2) is 31.2 Å². The fourth-order valence-electron chi connectivity index (χ4n) is 3.13. The highest BCUT2D eigenvalue weighted by atomic mass is 35.5. The molecule has 0 amide bonds. The minimum absolute atomic E-state index is 0.152. The topological polar surface area (TPSA) is 94.2 Å². The zero-order valence-electron chi connectivity index (χ0n) is 16.7. The first-order valence-electron chi connectivity index (χ1n) is 9.20. The molecule has 0 atom stereocenters. The van der Waals surface area contributed by atoms with Gasteiger partial charge < -0.3 is 9.67 Å². The summed E-state index contributed by atoms with van der Waals surface area (Å²) in [6, 6.07) is 7.87. The summed E-state index contributed by atoms with van der Waals surface area (Å²) in [7, 11) is 3.24. The van der Waals surface area contributed by atoms with Crippen molar-refractivity contribution in [3.63, 3.8) is 0 Å². The average Bonchev–Trinajstić information content (AvgIpc) is 3.09. The van der Waals surface area contributed by atoms with Crippen LogP contribution in [0.3, 0.4) is 0 Å². The lowest BCUT2D eigenvalue weighted by Crippen LogP contribution is -2.17. The molecular formula is C22H20ClN3O4. The Hall–Kier alpha value is -3.45. The molecular weight excluding hydrogens is 406 g/mol. The maximum atomic E-state index is 13.2. The number of carboxylic acids is 1. The highest BCUT2D eigenvalue weighted by molar-refractivity contribution is 6.30. The Bertz CT molecular complexity index is 1220. The monoisotopic (exact) mass is 425 g/mol. The third-order valence-corrected chi connectivity index (χ3v) is 5.05. The van der Waals surface area contributed by atoms with Gasteiger partial charge in [0.05, 0.1) is 6.20 Å². The van der Waals surface area contributed by atoms with Crippen LogP contribution >= 0.6 is 11.6 Å². The lowest BCUT2D eigenvalue weighted by Gasteiger charge is -2.11. The van der Waals surface area contributed by atoms with Crippen LogP contribution in [0.2, 0.25) is 5.02 Å². The Morgan fingerprint density at radius 1 is 1.17 bits per heavy atom. The largest absolute Gasteiger partial charge is 0.478 e. The number of aromatic nitrogens is 3. The third kappa shape index (κ3) is 4.11. The van der Waals surface area contributed by atoms with Crippen molar-refractivity contribution in [2.45, 2.75) is 13.3 Å². The van der Waals surface area contributed by atoms with E-state index >= 15 is 0 Å². The number of pyridine rings is 1. The van der Waals surface area contributed by atoms with Crippen LogP contribution in [0.4, 0.5) is 0 Å². The molecule has 2 heterocycles. The van der Waals surface area contributed by atoms with Crippen LogP contribution in [0, 0.1) is 0 Å². The molecule has 154 valence electrons. The lowest BCUT2D eigenvalue weighted by molar-refractivity contribution is -0.132. The van der Waals surface area contributed by atoms with E-state index in [2.05, 4.69) is 5.10 Å². The van der Waals surface area contributed by atoms with Crippen molar-refractivity contribution in [3.05, 3.63) is 80.5 Å². The Morgan fingerprint density at radius 2 is 1.83 bits per heavy atom. The van der Waals surface area contributed by atoms with Gasteiger partial charge in [0.2, 0.25) is 5.78 Å². The molecule has 0 aliphatic rings. The van der Waals surface area contributed by atoms with Gasteiger partial charge in [0, 0.05) is 53.6 Å². The highest BCUT2D eigenvalue weighted by Gasteiger charge is 2.22. The van der Waals surface area contributed by atoms with Crippen LogP contribution in [0.25, 0.3) is 17.2 Å². The molecule has 1 N–H and O–H groups in total. The van der Waals surface area contributed by atoms with Gasteiger partial charge in [-0.1, -0.05) is 18.5 Å². The van der Waals surface area contributed by atoms with Crippen LogP contribution in [0.5, 0.6) is 0 Å². The normalized spacial score (nSPS) is 11.5. The first kappa shape index (κ1) is 21.3. The molecule has 0 saturated carbocycles. The molecule has 0 radical (unpaired) electrons. The van der Waals surface area contributed by atoms with Crippen molar-refractivity contribution >= 4 is 29.4 Å². The highest BCUT2D eigenvalue weighted by Crippen LogP contribution is 2.29. The summed E-state index contributed by atoms with van der Waals surface area (Å²) < 4.78 is 2.84. The number of halogens is 1. The third-order valence-electron chi connectivity index (χ3n) is 4.80. The summed E-state index contributed by atoms with van der Waals surface area (Å²) in [5.41, 5.74) is 2.06. The number of carboxylic acid groups (broad SMARTS) is 1. The number of hydrogen-bond donors (Lipinski definition) is 1. The van der Waals surface area contributed by atoms with Crippen molar-refractivity contribution < 1.29 is 14.7 Å². The van der Waals surface area contributed by atoms with Gasteiger partial charge >= 0.3 is 5.97 Å². The van der Waals surface area contributed by atoms with Crippen LogP contribution in [-0.2, 0) is 18.9 Å². The molecule has 0 unspecified atom stereocenters. The van der Waals surface area contributed by atoms with E-state index in [1.54, 1.807) is 51.5 Å². The summed E-state index contributed by atoms with van der Waals surface area (Å²) in [6.07, 6.45) is 4.86. The Morgan fingerprint density at radius 3 is 2.43 bits per heavy atom. The fourth-order valence-corrected chi connectivity index (χ4v) is 3.26. The molecule has 1 aromatic carbocycles. The second-order valence-electron chi connectivity index (χ2n) is 6.79. The predicted molar refractivity (Wildman–Crippen MR) is 115 cm³/mol. The summed E-state index contributed by atoms with van der Waals surface area (Å²) >= 11 is 5.92. The van der Waals surface area contributed by atoms with E-state index < -0.39 is 5.97 Å². The zero-order chi connectivity index (χ0) is 22.0. The molecule has 8 heteroatoms. The summed E-state index contributed by atoms with van der Waals surface area (Å²) in [5.74, 6) is -1.33. The molecule has 0 saturated heterocycles. The van der Waals surface area contributed by atoms with E-state index in [0.717, 1.165) is 0 Å². The molecule has 3 aromatic rings. The second kappa shape index (κ2) is 8.51. The smallest absolute Gasteiger partial charge is 0.331 e. The first-order chi connectivity index (χ1) is 14.2. The maximum Gasteiger partial charge on any atom is 0.331 e. The quantitative estimate of drug-likeness (QED) is 0.481. The Kier molecular flexibility index (Phi) is 6.03. The lowest BCUT2D eigenvalue weighted by atomic mass is 9.96.